The second kappa shape index (κ2) is 8.41. The second-order valence-corrected chi connectivity index (χ2v) is 6.28. The Hall–Kier alpha value is -2.24. The number of nitrogens with one attached hydrogen (secondary N) is 1. The molecule has 1 aromatic carbocycles. The molecule has 0 saturated carbocycles. The number of benzene rings is 1. The van der Waals surface area contributed by atoms with Gasteiger partial charge in [0.05, 0.1) is 13.5 Å². The van der Waals surface area contributed by atoms with E-state index < -0.39 is 11.7 Å². The molecule has 0 saturated heterocycles. The summed E-state index contributed by atoms with van der Waals surface area (Å²) in [6.07, 6.45) is -0.109. The predicted molar refractivity (Wildman–Crippen MR) is 88.6 cm³/mol. The summed E-state index contributed by atoms with van der Waals surface area (Å²) < 4.78 is 10.3. The molecule has 1 N–H and O–H groups in total. The monoisotopic (exact) mass is 322 g/mol. The molecule has 0 heterocycles. The summed E-state index contributed by atoms with van der Waals surface area (Å²) in [7, 11) is 3.24. The molecule has 6 nitrogen and oxygen atoms in total. The van der Waals surface area contributed by atoms with Crippen LogP contribution in [0.5, 0.6) is 5.75 Å². The predicted octanol–water partition coefficient (Wildman–Crippen LogP) is 2.22. The summed E-state index contributed by atoms with van der Waals surface area (Å²) in [6, 6.07) is 7.34. The van der Waals surface area contributed by atoms with E-state index >= 15 is 0 Å². The Morgan fingerprint density at radius 2 is 1.78 bits per heavy atom. The van der Waals surface area contributed by atoms with Gasteiger partial charge >= 0.3 is 6.09 Å². The van der Waals surface area contributed by atoms with E-state index in [1.165, 1.54) is 4.90 Å². The summed E-state index contributed by atoms with van der Waals surface area (Å²) in [6.45, 7) is 6.22. The van der Waals surface area contributed by atoms with Gasteiger partial charge in [0.1, 0.15) is 11.4 Å². The molecule has 0 bridgehead atoms. The molecule has 0 atom stereocenters. The molecule has 0 aliphatic rings. The van der Waals surface area contributed by atoms with Crippen molar-refractivity contribution < 1.29 is 19.1 Å². The standard InChI is InChI=1S/C17H26N2O4/c1-17(2,3)23-16(21)19(4)11-10-18-15(20)12-13-6-8-14(22-5)9-7-13/h6-9H,10-12H2,1-5H3,(H,18,20). The Kier molecular flexibility index (Phi) is 6.88. The fourth-order valence-corrected chi connectivity index (χ4v) is 1.79. The zero-order chi connectivity index (χ0) is 17.5. The van der Waals surface area contributed by atoms with E-state index in [0.717, 1.165) is 11.3 Å². The van der Waals surface area contributed by atoms with Gasteiger partial charge in [0.15, 0.2) is 0 Å². The van der Waals surface area contributed by atoms with Crippen LogP contribution in [0.1, 0.15) is 26.3 Å². The number of likely N-dealkylation sites (N-methyl/N-ethyl adjacent to an activating group) is 1. The molecule has 0 aromatic heterocycles. The topological polar surface area (TPSA) is 67.9 Å². The van der Waals surface area contributed by atoms with Crippen LogP contribution in [0.15, 0.2) is 24.3 Å². The van der Waals surface area contributed by atoms with Gasteiger partial charge in [-0.1, -0.05) is 12.1 Å². The summed E-state index contributed by atoms with van der Waals surface area (Å²) >= 11 is 0. The van der Waals surface area contributed by atoms with E-state index in [2.05, 4.69) is 5.32 Å². The van der Waals surface area contributed by atoms with Crippen molar-refractivity contribution >= 4 is 12.0 Å². The van der Waals surface area contributed by atoms with Crippen LogP contribution in [-0.2, 0) is 16.0 Å². The van der Waals surface area contributed by atoms with Crippen LogP contribution in [-0.4, -0.2) is 49.7 Å². The van der Waals surface area contributed by atoms with Crippen LogP contribution in [0.3, 0.4) is 0 Å². The number of carbonyl (C=O) groups is 2. The average Bonchev–Trinajstić information content (AvgIpc) is 2.46. The van der Waals surface area contributed by atoms with Crippen molar-refractivity contribution in [3.63, 3.8) is 0 Å². The van der Waals surface area contributed by atoms with E-state index in [0.29, 0.717) is 19.5 Å². The fourth-order valence-electron chi connectivity index (χ4n) is 1.79. The van der Waals surface area contributed by atoms with Crippen molar-refractivity contribution in [2.45, 2.75) is 32.8 Å². The largest absolute Gasteiger partial charge is 0.497 e. The Labute approximate surface area is 137 Å². The highest BCUT2D eigenvalue weighted by atomic mass is 16.6. The van der Waals surface area contributed by atoms with Gasteiger partial charge in [-0.05, 0) is 38.5 Å². The third-order valence-corrected chi connectivity index (χ3v) is 3.00. The number of ether oxygens (including phenoxy) is 2. The highest BCUT2D eigenvalue weighted by Crippen LogP contribution is 2.11. The van der Waals surface area contributed by atoms with Gasteiger partial charge in [0, 0.05) is 20.1 Å². The fraction of sp³-hybridized carbons (Fsp3) is 0.529. The van der Waals surface area contributed by atoms with Gasteiger partial charge in [0.25, 0.3) is 0 Å². The van der Waals surface area contributed by atoms with Gasteiger partial charge in [-0.3, -0.25) is 4.79 Å². The van der Waals surface area contributed by atoms with Crippen molar-refractivity contribution in [1.29, 1.82) is 0 Å². The average molecular weight is 322 g/mol. The summed E-state index contributed by atoms with van der Waals surface area (Å²) in [5.41, 5.74) is 0.381. The number of hydrogen-bond acceptors (Lipinski definition) is 4. The Bertz CT molecular complexity index is 520. The zero-order valence-corrected chi connectivity index (χ0v) is 14.5. The zero-order valence-electron chi connectivity index (χ0n) is 14.5. The maximum absolute atomic E-state index is 11.9. The molecule has 1 aromatic rings. The minimum absolute atomic E-state index is 0.0900. The normalized spacial score (nSPS) is 10.8. The van der Waals surface area contributed by atoms with Crippen LogP contribution in [0, 0.1) is 0 Å². The smallest absolute Gasteiger partial charge is 0.410 e. The van der Waals surface area contributed by atoms with E-state index in [9.17, 15) is 9.59 Å². The van der Waals surface area contributed by atoms with Crippen LogP contribution in [0.2, 0.25) is 0 Å². The van der Waals surface area contributed by atoms with Gasteiger partial charge in [-0.25, -0.2) is 4.79 Å². The Balaban J connectivity index is 2.31. The molecule has 23 heavy (non-hydrogen) atoms. The van der Waals surface area contributed by atoms with Gasteiger partial charge in [-0.2, -0.15) is 0 Å². The molecule has 2 amide bonds. The highest BCUT2D eigenvalue weighted by Gasteiger charge is 2.19. The first-order valence-electron chi connectivity index (χ1n) is 7.55. The van der Waals surface area contributed by atoms with Crippen molar-refractivity contribution in [2.24, 2.45) is 0 Å². The van der Waals surface area contributed by atoms with Crippen molar-refractivity contribution in [2.75, 3.05) is 27.2 Å². The molecule has 0 unspecified atom stereocenters. The summed E-state index contributed by atoms with van der Waals surface area (Å²) in [5, 5.41) is 2.79. The number of methoxy groups -OCH3 is 1. The van der Waals surface area contributed by atoms with E-state index in [-0.39, 0.29) is 5.91 Å². The van der Waals surface area contributed by atoms with Gasteiger partial charge in [0.2, 0.25) is 5.91 Å². The lowest BCUT2D eigenvalue weighted by molar-refractivity contribution is -0.120. The second-order valence-electron chi connectivity index (χ2n) is 6.28. The maximum atomic E-state index is 11.9. The number of rotatable bonds is 6. The van der Waals surface area contributed by atoms with Crippen molar-refractivity contribution in [1.82, 2.24) is 10.2 Å². The first-order chi connectivity index (χ1) is 10.7. The lowest BCUT2D eigenvalue weighted by Gasteiger charge is -2.24. The molecule has 0 aliphatic carbocycles. The summed E-state index contributed by atoms with van der Waals surface area (Å²) in [4.78, 5) is 25.1. The first kappa shape index (κ1) is 18.8. The van der Waals surface area contributed by atoms with Gasteiger partial charge < -0.3 is 19.7 Å². The molecular formula is C17H26N2O4. The van der Waals surface area contributed by atoms with Crippen molar-refractivity contribution in [3.05, 3.63) is 29.8 Å². The lowest BCUT2D eigenvalue weighted by Crippen LogP contribution is -2.39. The van der Waals surface area contributed by atoms with Crippen LogP contribution < -0.4 is 10.1 Å². The van der Waals surface area contributed by atoms with Crippen LogP contribution in [0.4, 0.5) is 4.79 Å². The molecular weight excluding hydrogens is 296 g/mol. The number of carbonyl (C=O) groups excluding carboxylic acids is 2. The number of nitrogens with zero attached hydrogens (tertiary/aromatic N) is 1. The lowest BCUT2D eigenvalue weighted by atomic mass is 10.1. The first-order valence-corrected chi connectivity index (χ1v) is 7.55. The minimum atomic E-state index is -0.525. The molecule has 0 radical (unpaired) electrons. The van der Waals surface area contributed by atoms with Crippen molar-refractivity contribution in [3.8, 4) is 5.75 Å². The quantitative estimate of drug-likeness (QED) is 0.872. The molecule has 128 valence electrons. The highest BCUT2D eigenvalue weighted by molar-refractivity contribution is 5.78. The SMILES string of the molecule is COc1ccc(CC(=O)NCCN(C)C(=O)OC(C)(C)C)cc1. The van der Waals surface area contributed by atoms with Crippen LogP contribution in [0.25, 0.3) is 0 Å². The molecule has 6 heteroatoms. The molecule has 0 aliphatic heterocycles. The third kappa shape index (κ3) is 7.54. The Morgan fingerprint density at radius 1 is 1.17 bits per heavy atom. The van der Waals surface area contributed by atoms with E-state index in [1.807, 2.05) is 45.0 Å². The number of amides is 2. The number of hydrogen-bond donors (Lipinski definition) is 1. The Morgan fingerprint density at radius 3 is 2.30 bits per heavy atom. The maximum Gasteiger partial charge on any atom is 0.410 e. The van der Waals surface area contributed by atoms with Crippen LogP contribution >= 0.6 is 0 Å². The molecule has 0 spiro atoms. The third-order valence-electron chi connectivity index (χ3n) is 3.00. The molecule has 1 rings (SSSR count). The van der Waals surface area contributed by atoms with E-state index in [4.69, 9.17) is 9.47 Å². The van der Waals surface area contributed by atoms with Gasteiger partial charge in [-0.15, -0.1) is 0 Å². The van der Waals surface area contributed by atoms with E-state index in [1.54, 1.807) is 14.2 Å². The molecule has 0 fully saturated rings. The minimum Gasteiger partial charge on any atom is -0.497 e. The summed E-state index contributed by atoms with van der Waals surface area (Å²) in [5.74, 6) is 0.667.